The van der Waals surface area contributed by atoms with Crippen molar-refractivity contribution in [3.63, 3.8) is 0 Å². The summed E-state index contributed by atoms with van der Waals surface area (Å²) in [6, 6.07) is 0. The van der Waals surface area contributed by atoms with E-state index in [0.29, 0.717) is 0 Å². The molecule has 0 saturated carbocycles. The maximum absolute atomic E-state index is 9.80. The van der Waals surface area contributed by atoms with E-state index in [4.69, 9.17) is 0 Å². The Labute approximate surface area is 96.4 Å². The van der Waals surface area contributed by atoms with E-state index in [1.165, 1.54) is 17.7 Å². The van der Waals surface area contributed by atoms with E-state index < -0.39 is 0 Å². The summed E-state index contributed by atoms with van der Waals surface area (Å²) in [5, 5.41) is 10.9. The predicted octanol–water partition coefficient (Wildman–Crippen LogP) is 3.24. The Morgan fingerprint density at radius 2 is 2.07 bits per heavy atom. The average Bonchev–Trinajstić information content (AvgIpc) is 2.46. The van der Waals surface area contributed by atoms with Crippen LogP contribution in [0.3, 0.4) is 0 Å². The third-order valence-electron chi connectivity index (χ3n) is 2.62. The van der Waals surface area contributed by atoms with Gasteiger partial charge in [-0.25, -0.2) is 4.98 Å². The maximum atomic E-state index is 9.80. The second-order valence-corrected chi connectivity index (χ2v) is 5.39. The van der Waals surface area contributed by atoms with E-state index in [9.17, 15) is 5.11 Å². The normalized spacial score (nSPS) is 13.1. The van der Waals surface area contributed by atoms with Crippen molar-refractivity contribution >= 4 is 11.3 Å². The monoisotopic (exact) mass is 227 g/mol. The highest BCUT2D eigenvalue weighted by molar-refractivity contribution is 7.11. The third-order valence-corrected chi connectivity index (χ3v) is 3.72. The van der Waals surface area contributed by atoms with Crippen molar-refractivity contribution in [1.29, 1.82) is 0 Å². The fourth-order valence-electron chi connectivity index (χ4n) is 1.56. The van der Waals surface area contributed by atoms with Crippen LogP contribution in [0.5, 0.6) is 0 Å². The molecule has 15 heavy (non-hydrogen) atoms. The van der Waals surface area contributed by atoms with Gasteiger partial charge in [-0.05, 0) is 20.3 Å². The second kappa shape index (κ2) is 6.23. The molecule has 1 rings (SSSR count). The number of aliphatic hydroxyl groups is 1. The van der Waals surface area contributed by atoms with Gasteiger partial charge in [-0.3, -0.25) is 0 Å². The van der Waals surface area contributed by atoms with Gasteiger partial charge >= 0.3 is 0 Å². The van der Waals surface area contributed by atoms with E-state index in [-0.39, 0.29) is 6.10 Å². The third kappa shape index (κ3) is 4.31. The number of thiazole rings is 1. The zero-order valence-corrected chi connectivity index (χ0v) is 10.7. The topological polar surface area (TPSA) is 33.1 Å². The molecule has 0 aliphatic heterocycles. The van der Waals surface area contributed by atoms with E-state index >= 15 is 0 Å². The number of aliphatic hydroxyl groups excluding tert-OH is 1. The van der Waals surface area contributed by atoms with Crippen LogP contribution in [0.1, 0.15) is 48.2 Å². The van der Waals surface area contributed by atoms with Gasteiger partial charge < -0.3 is 5.11 Å². The Morgan fingerprint density at radius 3 is 2.60 bits per heavy atom. The predicted molar refractivity (Wildman–Crippen MR) is 65.4 cm³/mol. The minimum absolute atomic E-state index is 0.207. The molecule has 1 N–H and O–H groups in total. The Bertz CT molecular complexity index is 276. The first-order chi connectivity index (χ1) is 7.13. The highest BCUT2D eigenvalue weighted by Crippen LogP contribution is 2.19. The Morgan fingerprint density at radius 1 is 1.33 bits per heavy atom. The van der Waals surface area contributed by atoms with Crippen molar-refractivity contribution in [3.05, 3.63) is 15.6 Å². The lowest BCUT2D eigenvalue weighted by atomic mass is 10.1. The summed E-state index contributed by atoms with van der Waals surface area (Å²) in [5.41, 5.74) is 1.11. The van der Waals surface area contributed by atoms with E-state index in [1.54, 1.807) is 11.3 Å². The molecule has 0 aliphatic carbocycles. The number of unbranched alkanes of at least 4 members (excludes halogenated alkanes) is 2. The van der Waals surface area contributed by atoms with Gasteiger partial charge in [-0.15, -0.1) is 11.3 Å². The van der Waals surface area contributed by atoms with Crippen LogP contribution in [0.2, 0.25) is 0 Å². The van der Waals surface area contributed by atoms with Gasteiger partial charge in [0.2, 0.25) is 0 Å². The first-order valence-electron chi connectivity index (χ1n) is 5.74. The Kier molecular flexibility index (Phi) is 5.26. The van der Waals surface area contributed by atoms with Gasteiger partial charge in [0.05, 0.1) is 16.8 Å². The summed E-state index contributed by atoms with van der Waals surface area (Å²) in [4.78, 5) is 5.71. The fourth-order valence-corrected chi connectivity index (χ4v) is 2.57. The smallest absolute Gasteiger partial charge is 0.0956 e. The lowest BCUT2D eigenvalue weighted by Crippen LogP contribution is -2.09. The number of nitrogens with zero attached hydrogens (tertiary/aromatic N) is 1. The van der Waals surface area contributed by atoms with Crippen LogP contribution in [-0.4, -0.2) is 16.2 Å². The molecular formula is C12H21NOS. The first kappa shape index (κ1) is 12.7. The van der Waals surface area contributed by atoms with Gasteiger partial charge in [-0.2, -0.15) is 0 Å². The SMILES string of the molecule is CCCCCC(O)Cc1nc(C)c(C)s1. The number of aryl methyl sites for hydroxylation is 2. The number of hydrogen-bond acceptors (Lipinski definition) is 3. The van der Waals surface area contributed by atoms with Crippen LogP contribution in [0.4, 0.5) is 0 Å². The maximum Gasteiger partial charge on any atom is 0.0956 e. The molecular weight excluding hydrogens is 206 g/mol. The van der Waals surface area contributed by atoms with Gasteiger partial charge in [0.25, 0.3) is 0 Å². The largest absolute Gasteiger partial charge is 0.393 e. The van der Waals surface area contributed by atoms with Crippen LogP contribution >= 0.6 is 11.3 Å². The van der Waals surface area contributed by atoms with Crippen molar-refractivity contribution in [2.45, 2.75) is 59.0 Å². The Balaban J connectivity index is 2.34. The van der Waals surface area contributed by atoms with Crippen LogP contribution in [0, 0.1) is 13.8 Å². The minimum Gasteiger partial charge on any atom is -0.393 e. The number of aromatic nitrogens is 1. The van der Waals surface area contributed by atoms with Gasteiger partial charge in [0.15, 0.2) is 0 Å². The molecule has 1 atom stereocenters. The molecule has 1 unspecified atom stereocenters. The molecule has 0 amide bonds. The molecule has 0 spiro atoms. The molecule has 86 valence electrons. The lowest BCUT2D eigenvalue weighted by molar-refractivity contribution is 0.161. The standard InChI is InChI=1S/C12H21NOS/c1-4-5-6-7-11(14)8-12-13-9(2)10(3)15-12/h11,14H,4-8H2,1-3H3. The zero-order valence-electron chi connectivity index (χ0n) is 9.92. The van der Waals surface area contributed by atoms with Crippen molar-refractivity contribution in [1.82, 2.24) is 4.98 Å². The molecule has 0 radical (unpaired) electrons. The summed E-state index contributed by atoms with van der Waals surface area (Å²) < 4.78 is 0. The van der Waals surface area contributed by atoms with Crippen molar-refractivity contribution < 1.29 is 5.11 Å². The fraction of sp³-hybridized carbons (Fsp3) is 0.750. The van der Waals surface area contributed by atoms with Crippen molar-refractivity contribution in [2.75, 3.05) is 0 Å². The van der Waals surface area contributed by atoms with Gasteiger partial charge in [-0.1, -0.05) is 26.2 Å². The van der Waals surface area contributed by atoms with Crippen LogP contribution in [0.15, 0.2) is 0 Å². The quantitative estimate of drug-likeness (QED) is 0.757. The number of hydrogen-bond donors (Lipinski definition) is 1. The van der Waals surface area contributed by atoms with E-state index in [0.717, 1.165) is 30.0 Å². The number of rotatable bonds is 6. The minimum atomic E-state index is -0.207. The zero-order chi connectivity index (χ0) is 11.3. The van der Waals surface area contributed by atoms with Crippen molar-refractivity contribution in [2.24, 2.45) is 0 Å². The van der Waals surface area contributed by atoms with Crippen LogP contribution < -0.4 is 0 Å². The molecule has 0 saturated heterocycles. The molecule has 0 aromatic carbocycles. The molecule has 3 heteroatoms. The van der Waals surface area contributed by atoms with Crippen LogP contribution in [0.25, 0.3) is 0 Å². The Hall–Kier alpha value is -0.410. The molecule has 0 fully saturated rings. The molecule has 0 aliphatic rings. The van der Waals surface area contributed by atoms with E-state index in [2.05, 4.69) is 18.8 Å². The summed E-state index contributed by atoms with van der Waals surface area (Å²) in [6.45, 7) is 6.29. The molecule has 1 aromatic heterocycles. The summed E-state index contributed by atoms with van der Waals surface area (Å²) in [6.07, 6.45) is 4.98. The van der Waals surface area contributed by atoms with Gasteiger partial charge in [0.1, 0.15) is 0 Å². The highest BCUT2D eigenvalue weighted by atomic mass is 32.1. The molecule has 0 bridgehead atoms. The highest BCUT2D eigenvalue weighted by Gasteiger charge is 2.09. The molecule has 2 nitrogen and oxygen atoms in total. The van der Waals surface area contributed by atoms with Crippen molar-refractivity contribution in [3.8, 4) is 0 Å². The summed E-state index contributed by atoms with van der Waals surface area (Å²) in [5.74, 6) is 0. The summed E-state index contributed by atoms with van der Waals surface area (Å²) in [7, 11) is 0. The molecule has 1 aromatic rings. The molecule has 1 heterocycles. The summed E-state index contributed by atoms with van der Waals surface area (Å²) >= 11 is 1.71. The average molecular weight is 227 g/mol. The van der Waals surface area contributed by atoms with Gasteiger partial charge in [0, 0.05) is 11.3 Å². The second-order valence-electron chi connectivity index (χ2n) is 4.10. The first-order valence-corrected chi connectivity index (χ1v) is 6.56. The lowest BCUT2D eigenvalue weighted by Gasteiger charge is -2.07. The van der Waals surface area contributed by atoms with Crippen LogP contribution in [-0.2, 0) is 6.42 Å². The van der Waals surface area contributed by atoms with E-state index in [1.807, 2.05) is 6.92 Å².